The zero-order valence-corrected chi connectivity index (χ0v) is 16.7. The first-order chi connectivity index (χ1) is 14.2. The van der Waals surface area contributed by atoms with Crippen LogP contribution in [0.15, 0.2) is 42.7 Å². The van der Waals surface area contributed by atoms with E-state index in [-0.39, 0.29) is 5.91 Å². The highest BCUT2D eigenvalue weighted by Gasteiger charge is 2.40. The smallest absolute Gasteiger partial charge is 0.255 e. The second kappa shape index (κ2) is 8.80. The summed E-state index contributed by atoms with van der Waals surface area (Å²) < 4.78 is 16.7. The van der Waals surface area contributed by atoms with Gasteiger partial charge in [-0.1, -0.05) is 12.1 Å². The molecule has 7 heteroatoms. The number of carbonyl (C=O) groups is 1. The Bertz CT molecular complexity index is 841. The lowest BCUT2D eigenvalue weighted by molar-refractivity contribution is -0.181. The van der Waals surface area contributed by atoms with Crippen molar-refractivity contribution >= 4 is 11.6 Å². The summed E-state index contributed by atoms with van der Waals surface area (Å²) >= 11 is 0. The highest BCUT2D eigenvalue weighted by molar-refractivity contribution is 5.94. The highest BCUT2D eigenvalue weighted by Crippen LogP contribution is 2.31. The Kier molecular flexibility index (Phi) is 5.97. The molecule has 0 aliphatic carbocycles. The van der Waals surface area contributed by atoms with Crippen molar-refractivity contribution in [3.05, 3.63) is 53.9 Å². The standard InChI is InChI=1S/C22H27N3O4/c1-27-20-4-2-3-17(13-20)5-8-24-19-14-18(15-23-16-19)21(26)25-9-6-22(7-10-25)28-11-12-29-22/h2-4,13-16,24H,5-12H2,1H3. The van der Waals surface area contributed by atoms with Crippen molar-refractivity contribution in [2.45, 2.75) is 25.0 Å². The number of rotatable bonds is 6. The third-order valence-electron chi connectivity index (χ3n) is 5.49. The Morgan fingerprint density at radius 3 is 2.76 bits per heavy atom. The van der Waals surface area contributed by atoms with E-state index >= 15 is 0 Å². The van der Waals surface area contributed by atoms with Crippen molar-refractivity contribution < 1.29 is 19.0 Å². The van der Waals surface area contributed by atoms with E-state index in [1.165, 1.54) is 5.56 Å². The number of likely N-dealkylation sites (tertiary alicyclic amines) is 1. The number of anilines is 1. The van der Waals surface area contributed by atoms with Crippen LogP contribution in [0.3, 0.4) is 0 Å². The lowest BCUT2D eigenvalue weighted by Crippen LogP contribution is -2.47. The minimum Gasteiger partial charge on any atom is -0.497 e. The van der Waals surface area contributed by atoms with E-state index in [9.17, 15) is 4.79 Å². The van der Waals surface area contributed by atoms with Crippen molar-refractivity contribution in [3.63, 3.8) is 0 Å². The summed E-state index contributed by atoms with van der Waals surface area (Å²) in [5.41, 5.74) is 2.63. The number of amides is 1. The molecule has 1 amide bonds. The predicted octanol–water partition coefficient (Wildman–Crippen LogP) is 2.72. The van der Waals surface area contributed by atoms with Crippen molar-refractivity contribution in [1.29, 1.82) is 0 Å². The van der Waals surface area contributed by atoms with Crippen LogP contribution in [-0.2, 0) is 15.9 Å². The van der Waals surface area contributed by atoms with E-state index in [2.05, 4.69) is 16.4 Å². The molecule has 7 nitrogen and oxygen atoms in total. The SMILES string of the molecule is COc1cccc(CCNc2cncc(C(=O)N3CCC4(CC3)OCCO4)c2)c1. The van der Waals surface area contributed by atoms with Gasteiger partial charge in [-0.15, -0.1) is 0 Å². The van der Waals surface area contributed by atoms with E-state index in [1.807, 2.05) is 29.2 Å². The van der Waals surface area contributed by atoms with Crippen LogP contribution in [0.1, 0.15) is 28.8 Å². The van der Waals surface area contributed by atoms with Crippen molar-refractivity contribution in [1.82, 2.24) is 9.88 Å². The minimum atomic E-state index is -0.474. The van der Waals surface area contributed by atoms with Crippen LogP contribution in [0.5, 0.6) is 5.75 Å². The van der Waals surface area contributed by atoms with Crippen LogP contribution in [0.4, 0.5) is 5.69 Å². The van der Waals surface area contributed by atoms with Gasteiger partial charge in [0.2, 0.25) is 0 Å². The number of hydrogen-bond acceptors (Lipinski definition) is 6. The first-order valence-corrected chi connectivity index (χ1v) is 10.1. The molecular formula is C22H27N3O4. The van der Waals surface area contributed by atoms with Crippen molar-refractivity contribution in [2.24, 2.45) is 0 Å². The Balaban J connectivity index is 1.31. The zero-order valence-electron chi connectivity index (χ0n) is 16.7. The molecule has 4 rings (SSSR count). The molecule has 2 aromatic rings. The van der Waals surface area contributed by atoms with Gasteiger partial charge in [-0.25, -0.2) is 0 Å². The highest BCUT2D eigenvalue weighted by atomic mass is 16.7. The summed E-state index contributed by atoms with van der Waals surface area (Å²) in [4.78, 5) is 19.0. The summed E-state index contributed by atoms with van der Waals surface area (Å²) in [5, 5.41) is 3.35. The molecule has 2 saturated heterocycles. The molecule has 1 aromatic heterocycles. The molecule has 2 fully saturated rings. The van der Waals surface area contributed by atoms with Gasteiger partial charge >= 0.3 is 0 Å². The number of aromatic nitrogens is 1. The van der Waals surface area contributed by atoms with E-state index in [4.69, 9.17) is 14.2 Å². The molecule has 0 radical (unpaired) electrons. The van der Waals surface area contributed by atoms with Crippen LogP contribution >= 0.6 is 0 Å². The number of benzene rings is 1. The fourth-order valence-corrected chi connectivity index (χ4v) is 3.85. The first-order valence-electron chi connectivity index (χ1n) is 10.1. The number of ether oxygens (including phenoxy) is 3. The Labute approximate surface area is 171 Å². The van der Waals surface area contributed by atoms with Gasteiger partial charge in [-0.3, -0.25) is 9.78 Å². The number of carbonyl (C=O) groups excluding carboxylic acids is 1. The monoisotopic (exact) mass is 397 g/mol. The Morgan fingerprint density at radius 2 is 2.00 bits per heavy atom. The summed E-state index contributed by atoms with van der Waals surface area (Å²) in [6.07, 6.45) is 5.65. The molecule has 0 atom stereocenters. The van der Waals surface area contributed by atoms with Gasteiger partial charge in [0.15, 0.2) is 5.79 Å². The molecule has 1 N–H and O–H groups in total. The lowest BCUT2D eigenvalue weighted by atomic mass is 10.0. The number of methoxy groups -OCH3 is 1. The number of nitrogens with one attached hydrogen (secondary N) is 1. The Hall–Kier alpha value is -2.64. The molecule has 1 aromatic carbocycles. The normalized spacial score (nSPS) is 18.0. The lowest BCUT2D eigenvalue weighted by Gasteiger charge is -2.37. The van der Waals surface area contributed by atoms with Gasteiger partial charge in [0, 0.05) is 44.9 Å². The molecule has 0 saturated carbocycles. The van der Waals surface area contributed by atoms with Crippen molar-refractivity contribution in [2.75, 3.05) is 45.3 Å². The van der Waals surface area contributed by atoms with Gasteiger partial charge in [0.05, 0.1) is 31.6 Å². The van der Waals surface area contributed by atoms with Gasteiger partial charge in [-0.2, -0.15) is 0 Å². The maximum absolute atomic E-state index is 12.9. The van der Waals surface area contributed by atoms with Gasteiger partial charge in [-0.05, 0) is 30.2 Å². The second-order valence-corrected chi connectivity index (χ2v) is 7.39. The number of hydrogen-bond donors (Lipinski definition) is 1. The fraction of sp³-hybridized carbons (Fsp3) is 0.455. The molecule has 2 aliphatic heterocycles. The van der Waals surface area contributed by atoms with E-state index < -0.39 is 5.79 Å². The van der Waals surface area contributed by atoms with E-state index in [0.717, 1.165) is 24.4 Å². The molecule has 0 unspecified atom stereocenters. The summed E-state index contributed by atoms with van der Waals surface area (Å²) in [6.45, 7) is 3.29. The number of pyridine rings is 1. The Morgan fingerprint density at radius 1 is 1.21 bits per heavy atom. The third kappa shape index (κ3) is 4.68. The molecule has 0 bridgehead atoms. The van der Waals surface area contributed by atoms with Crippen LogP contribution in [0.2, 0.25) is 0 Å². The topological polar surface area (TPSA) is 72.9 Å². The minimum absolute atomic E-state index is 0.00166. The number of piperidine rings is 1. The average Bonchev–Trinajstić information content (AvgIpc) is 3.22. The quantitative estimate of drug-likeness (QED) is 0.808. The molecule has 1 spiro atoms. The third-order valence-corrected chi connectivity index (χ3v) is 5.49. The number of nitrogens with zero attached hydrogens (tertiary/aromatic N) is 2. The zero-order chi connectivity index (χ0) is 20.1. The fourth-order valence-electron chi connectivity index (χ4n) is 3.85. The average molecular weight is 397 g/mol. The first kappa shape index (κ1) is 19.7. The summed E-state index contributed by atoms with van der Waals surface area (Å²) in [6, 6.07) is 9.89. The van der Waals surface area contributed by atoms with Crippen LogP contribution in [0, 0.1) is 0 Å². The van der Waals surface area contributed by atoms with Crippen LogP contribution in [0.25, 0.3) is 0 Å². The largest absolute Gasteiger partial charge is 0.497 e. The summed E-state index contributed by atoms with van der Waals surface area (Å²) in [5.74, 6) is 0.383. The van der Waals surface area contributed by atoms with Gasteiger partial charge in [0.25, 0.3) is 5.91 Å². The molecular weight excluding hydrogens is 370 g/mol. The maximum atomic E-state index is 12.9. The van der Waals surface area contributed by atoms with Crippen LogP contribution < -0.4 is 10.1 Å². The van der Waals surface area contributed by atoms with Gasteiger partial charge in [0.1, 0.15) is 5.75 Å². The molecule has 29 heavy (non-hydrogen) atoms. The predicted molar refractivity (Wildman–Crippen MR) is 109 cm³/mol. The second-order valence-electron chi connectivity index (χ2n) is 7.39. The van der Waals surface area contributed by atoms with E-state index in [1.54, 1.807) is 19.5 Å². The summed E-state index contributed by atoms with van der Waals surface area (Å²) in [7, 11) is 1.67. The molecule has 2 aliphatic rings. The van der Waals surface area contributed by atoms with E-state index in [0.29, 0.717) is 44.7 Å². The molecule has 3 heterocycles. The maximum Gasteiger partial charge on any atom is 0.255 e. The van der Waals surface area contributed by atoms with Crippen LogP contribution in [-0.4, -0.2) is 61.5 Å². The van der Waals surface area contributed by atoms with Crippen molar-refractivity contribution in [3.8, 4) is 5.75 Å². The van der Waals surface area contributed by atoms with Gasteiger partial charge < -0.3 is 24.4 Å². The molecule has 154 valence electrons.